The Balaban J connectivity index is 2.40. The molecular formula is C19H23N2O3PS. The maximum Gasteiger partial charge on any atom is 0.457 e. The van der Waals surface area contributed by atoms with Crippen LogP contribution in [0.3, 0.4) is 0 Å². The zero-order chi connectivity index (χ0) is 19.2. The molecule has 0 amide bonds. The van der Waals surface area contributed by atoms with Crippen molar-refractivity contribution in [1.82, 2.24) is 10.2 Å². The van der Waals surface area contributed by atoms with Gasteiger partial charge in [0, 0.05) is 14.1 Å². The molecule has 0 aliphatic carbocycles. The summed E-state index contributed by atoms with van der Waals surface area (Å²) < 4.78 is 25.5. The first-order chi connectivity index (χ1) is 12.3. The van der Waals surface area contributed by atoms with Gasteiger partial charge in [-0.25, -0.2) is 4.57 Å². The fourth-order valence-corrected chi connectivity index (χ4v) is 4.20. The highest BCUT2D eigenvalue weighted by Crippen LogP contribution is 2.53. The normalized spacial score (nSPS) is 12.0. The van der Waals surface area contributed by atoms with Gasteiger partial charge >= 0.3 is 7.60 Å². The maximum absolute atomic E-state index is 13.8. The Kier molecular flexibility index (Phi) is 6.83. The van der Waals surface area contributed by atoms with E-state index in [2.05, 4.69) is 11.9 Å². The number of para-hydroxylation sites is 2. The second-order valence-electron chi connectivity index (χ2n) is 5.94. The van der Waals surface area contributed by atoms with E-state index in [-0.39, 0.29) is 0 Å². The van der Waals surface area contributed by atoms with E-state index in [1.165, 1.54) is 0 Å². The van der Waals surface area contributed by atoms with Gasteiger partial charge in [0.05, 0.1) is 0 Å². The summed E-state index contributed by atoms with van der Waals surface area (Å²) in [5.41, 5.74) is 0.587. The largest absolute Gasteiger partial charge is 0.457 e. The lowest BCUT2D eigenvalue weighted by Crippen LogP contribution is -2.43. The quantitative estimate of drug-likeness (QED) is 0.421. The Morgan fingerprint density at radius 3 is 1.81 bits per heavy atom. The maximum atomic E-state index is 13.8. The van der Waals surface area contributed by atoms with Gasteiger partial charge in [-0.1, -0.05) is 43.0 Å². The number of thiocarbonyl (C=S) groups is 1. The van der Waals surface area contributed by atoms with Crippen LogP contribution >= 0.6 is 19.8 Å². The summed E-state index contributed by atoms with van der Waals surface area (Å²) >= 11 is 5.31. The fourth-order valence-electron chi connectivity index (χ4n) is 2.10. The first-order valence-corrected chi connectivity index (χ1v) is 10.1. The molecule has 2 aromatic carbocycles. The second kappa shape index (κ2) is 8.88. The molecule has 0 aliphatic rings. The van der Waals surface area contributed by atoms with Gasteiger partial charge in [-0.2, -0.15) is 0 Å². The summed E-state index contributed by atoms with van der Waals surface area (Å²) in [5, 5.41) is 3.45. The molecule has 26 heavy (non-hydrogen) atoms. The molecule has 0 aliphatic heterocycles. The van der Waals surface area contributed by atoms with Crippen molar-refractivity contribution in [3.8, 4) is 11.5 Å². The Labute approximate surface area is 160 Å². The van der Waals surface area contributed by atoms with Crippen molar-refractivity contribution in [3.05, 3.63) is 72.8 Å². The first kappa shape index (κ1) is 20.0. The van der Waals surface area contributed by atoms with E-state index in [9.17, 15) is 4.57 Å². The van der Waals surface area contributed by atoms with E-state index >= 15 is 0 Å². The zero-order valence-electron chi connectivity index (χ0n) is 15.1. The second-order valence-corrected chi connectivity index (χ2v) is 8.29. The van der Waals surface area contributed by atoms with Crippen LogP contribution < -0.4 is 14.4 Å². The molecule has 2 rings (SSSR count). The van der Waals surface area contributed by atoms with E-state index in [0.29, 0.717) is 22.2 Å². The summed E-state index contributed by atoms with van der Waals surface area (Å²) in [5.74, 6) is 0.0731. The summed E-state index contributed by atoms with van der Waals surface area (Å²) in [6.45, 7) is 5.70. The predicted molar refractivity (Wildman–Crippen MR) is 110 cm³/mol. The molecule has 0 saturated heterocycles. The van der Waals surface area contributed by atoms with Crippen LogP contribution in [0.1, 0.15) is 6.92 Å². The van der Waals surface area contributed by atoms with Crippen LogP contribution in [0.25, 0.3) is 0 Å². The Bertz CT molecular complexity index is 751. The molecule has 0 saturated carbocycles. The topological polar surface area (TPSA) is 50.8 Å². The van der Waals surface area contributed by atoms with Crippen molar-refractivity contribution in [2.75, 3.05) is 14.1 Å². The standard InChI is InChI=1S/C19H23N2O3PS/c1-15(2)18(20-19(26)21(3)4)25(22,23-16-11-7-5-8-12-16)24-17-13-9-6-10-14-17/h5-14,18H,1H2,2-4H3,(H,20,26). The molecule has 7 heteroatoms. The van der Waals surface area contributed by atoms with Crippen molar-refractivity contribution in [3.63, 3.8) is 0 Å². The molecule has 5 nitrogen and oxygen atoms in total. The molecule has 0 heterocycles. The lowest BCUT2D eigenvalue weighted by molar-refractivity contribution is 0.372. The van der Waals surface area contributed by atoms with Gasteiger partial charge in [0.1, 0.15) is 11.5 Å². The predicted octanol–water partition coefficient (Wildman–Crippen LogP) is 4.68. The van der Waals surface area contributed by atoms with E-state index in [0.717, 1.165) is 0 Å². The average Bonchev–Trinajstić information content (AvgIpc) is 2.60. The number of benzene rings is 2. The zero-order valence-corrected chi connectivity index (χ0v) is 16.8. The van der Waals surface area contributed by atoms with Crippen molar-refractivity contribution in [2.24, 2.45) is 0 Å². The van der Waals surface area contributed by atoms with E-state index in [1.807, 2.05) is 12.1 Å². The van der Waals surface area contributed by atoms with Gasteiger partial charge in [-0.3, -0.25) is 0 Å². The molecule has 0 radical (unpaired) electrons. The number of hydrogen-bond donors (Lipinski definition) is 1. The van der Waals surface area contributed by atoms with Crippen LogP contribution in [-0.2, 0) is 4.57 Å². The Hall–Kier alpha value is -2.30. The third-order valence-corrected chi connectivity index (χ3v) is 6.02. The van der Waals surface area contributed by atoms with Crippen molar-refractivity contribution in [1.29, 1.82) is 0 Å². The molecule has 0 spiro atoms. The Morgan fingerprint density at radius 2 is 1.46 bits per heavy atom. The fraction of sp³-hybridized carbons (Fsp3) is 0.211. The summed E-state index contributed by atoms with van der Waals surface area (Å²) in [6.07, 6.45) is 0. The van der Waals surface area contributed by atoms with E-state index in [4.69, 9.17) is 21.3 Å². The highest BCUT2D eigenvalue weighted by atomic mass is 32.1. The number of rotatable bonds is 7. The van der Waals surface area contributed by atoms with Crippen LogP contribution in [0.5, 0.6) is 11.5 Å². The summed E-state index contributed by atoms with van der Waals surface area (Å²) in [6, 6.07) is 17.8. The number of nitrogens with zero attached hydrogens (tertiary/aromatic N) is 1. The molecule has 2 aromatic rings. The molecule has 1 N–H and O–H groups in total. The van der Waals surface area contributed by atoms with Crippen LogP contribution in [-0.4, -0.2) is 29.9 Å². The van der Waals surface area contributed by atoms with Gasteiger partial charge in [0.25, 0.3) is 0 Å². The van der Waals surface area contributed by atoms with Crippen molar-refractivity contribution < 1.29 is 13.6 Å². The van der Waals surface area contributed by atoms with Gasteiger partial charge in [0.15, 0.2) is 10.9 Å². The molecule has 1 unspecified atom stereocenters. The molecule has 0 aromatic heterocycles. The molecule has 0 bridgehead atoms. The number of hydrogen-bond acceptors (Lipinski definition) is 4. The van der Waals surface area contributed by atoms with Gasteiger partial charge in [0.2, 0.25) is 0 Å². The monoisotopic (exact) mass is 390 g/mol. The van der Waals surface area contributed by atoms with Gasteiger partial charge in [-0.05, 0) is 49.0 Å². The highest BCUT2D eigenvalue weighted by molar-refractivity contribution is 7.80. The van der Waals surface area contributed by atoms with Crippen LogP contribution in [0.4, 0.5) is 0 Å². The lowest BCUT2D eigenvalue weighted by Gasteiger charge is -2.30. The summed E-state index contributed by atoms with van der Waals surface area (Å²) in [7, 11) is -0.153. The molecule has 0 fully saturated rings. The number of nitrogens with one attached hydrogen (secondary N) is 1. The summed E-state index contributed by atoms with van der Waals surface area (Å²) in [4.78, 5) is 1.71. The highest BCUT2D eigenvalue weighted by Gasteiger charge is 2.41. The first-order valence-electron chi connectivity index (χ1n) is 8.04. The van der Waals surface area contributed by atoms with Crippen LogP contribution in [0, 0.1) is 0 Å². The molecular weight excluding hydrogens is 367 g/mol. The van der Waals surface area contributed by atoms with Crippen LogP contribution in [0.2, 0.25) is 0 Å². The van der Waals surface area contributed by atoms with E-state index in [1.54, 1.807) is 74.4 Å². The third kappa shape index (κ3) is 5.35. The van der Waals surface area contributed by atoms with Gasteiger partial charge < -0.3 is 19.3 Å². The molecule has 138 valence electrons. The van der Waals surface area contributed by atoms with Crippen molar-refractivity contribution in [2.45, 2.75) is 12.7 Å². The minimum Gasteiger partial charge on any atom is -0.415 e. The van der Waals surface area contributed by atoms with Gasteiger partial charge in [-0.15, -0.1) is 0 Å². The lowest BCUT2D eigenvalue weighted by atomic mass is 10.3. The molecule has 1 atom stereocenters. The van der Waals surface area contributed by atoms with Crippen molar-refractivity contribution >= 4 is 24.9 Å². The average molecular weight is 390 g/mol. The van der Waals surface area contributed by atoms with Crippen LogP contribution in [0.15, 0.2) is 72.8 Å². The Morgan fingerprint density at radius 1 is 1.04 bits per heavy atom. The smallest absolute Gasteiger partial charge is 0.415 e. The minimum atomic E-state index is -3.75. The SMILES string of the molecule is C=C(C)C(NC(=S)N(C)C)P(=O)(Oc1ccccc1)Oc1ccccc1. The third-order valence-electron chi connectivity index (χ3n) is 3.40. The van der Waals surface area contributed by atoms with E-state index < -0.39 is 13.4 Å². The minimum absolute atomic E-state index is 0.409.